The van der Waals surface area contributed by atoms with Crippen molar-refractivity contribution in [3.8, 4) is 11.5 Å². The van der Waals surface area contributed by atoms with E-state index in [0.29, 0.717) is 17.2 Å². The summed E-state index contributed by atoms with van der Waals surface area (Å²) < 4.78 is 15.3. The summed E-state index contributed by atoms with van der Waals surface area (Å²) in [6, 6.07) is 5.21. The molecule has 1 fully saturated rings. The largest absolute Gasteiger partial charge is 0.467 e. The summed E-state index contributed by atoms with van der Waals surface area (Å²) in [6.07, 6.45) is 0.0809. The Labute approximate surface area is 145 Å². The van der Waals surface area contributed by atoms with E-state index in [0.717, 1.165) is 0 Å². The SMILES string of the molecule is COC(=O)C(C)(C)NC(=O)[C@@H]1CC(=O)N(c2ccc3c(c2)OCO3)C1. The quantitative estimate of drug-likeness (QED) is 0.810. The van der Waals surface area contributed by atoms with E-state index in [2.05, 4.69) is 10.1 Å². The highest BCUT2D eigenvalue weighted by atomic mass is 16.7. The van der Waals surface area contributed by atoms with Crippen molar-refractivity contribution in [2.45, 2.75) is 25.8 Å². The van der Waals surface area contributed by atoms with Crippen molar-refractivity contribution in [2.75, 3.05) is 25.3 Å². The highest BCUT2D eigenvalue weighted by Crippen LogP contribution is 2.37. The first-order valence-electron chi connectivity index (χ1n) is 7.92. The Bertz CT molecular complexity index is 730. The third kappa shape index (κ3) is 3.24. The van der Waals surface area contributed by atoms with Crippen LogP contribution in [0.15, 0.2) is 18.2 Å². The zero-order valence-corrected chi connectivity index (χ0v) is 14.3. The number of anilines is 1. The van der Waals surface area contributed by atoms with E-state index in [1.54, 1.807) is 32.0 Å². The second-order valence-corrected chi connectivity index (χ2v) is 6.55. The number of rotatable bonds is 4. The molecule has 2 amide bonds. The molecule has 2 aliphatic rings. The van der Waals surface area contributed by atoms with Gasteiger partial charge in [0.2, 0.25) is 18.6 Å². The molecule has 3 rings (SSSR count). The van der Waals surface area contributed by atoms with Crippen LogP contribution < -0.4 is 19.7 Å². The van der Waals surface area contributed by atoms with Gasteiger partial charge in [-0.2, -0.15) is 0 Å². The van der Waals surface area contributed by atoms with Gasteiger partial charge < -0.3 is 24.4 Å². The van der Waals surface area contributed by atoms with E-state index in [1.807, 2.05) is 0 Å². The fraction of sp³-hybridized carbons (Fsp3) is 0.471. The van der Waals surface area contributed by atoms with Crippen molar-refractivity contribution < 1.29 is 28.6 Å². The maximum Gasteiger partial charge on any atom is 0.330 e. The van der Waals surface area contributed by atoms with Crippen molar-refractivity contribution in [3.05, 3.63) is 18.2 Å². The van der Waals surface area contributed by atoms with Crippen LogP contribution in [0.4, 0.5) is 5.69 Å². The lowest BCUT2D eigenvalue weighted by atomic mass is 10.0. The number of nitrogens with zero attached hydrogens (tertiary/aromatic N) is 1. The Morgan fingerprint density at radius 2 is 2.00 bits per heavy atom. The molecule has 0 bridgehead atoms. The molecular formula is C17H20N2O6. The standard InChI is InChI=1S/C17H20N2O6/c1-17(2,16(22)23-3)18-15(21)10-6-14(20)19(8-10)11-4-5-12-13(7-11)25-9-24-12/h4-5,7,10H,6,8-9H2,1-3H3,(H,18,21)/t10-/m1/s1. The van der Waals surface area contributed by atoms with E-state index >= 15 is 0 Å². The summed E-state index contributed by atoms with van der Waals surface area (Å²) in [5, 5.41) is 2.65. The van der Waals surface area contributed by atoms with E-state index in [4.69, 9.17) is 9.47 Å². The van der Waals surface area contributed by atoms with Gasteiger partial charge in [-0.15, -0.1) is 0 Å². The van der Waals surface area contributed by atoms with Crippen LogP contribution in [0, 0.1) is 5.92 Å². The summed E-state index contributed by atoms with van der Waals surface area (Å²) in [5.41, 5.74) is -0.502. The molecule has 8 nitrogen and oxygen atoms in total. The Hall–Kier alpha value is -2.77. The van der Waals surface area contributed by atoms with Gasteiger partial charge in [-0.3, -0.25) is 9.59 Å². The van der Waals surface area contributed by atoms with Gasteiger partial charge >= 0.3 is 5.97 Å². The summed E-state index contributed by atoms with van der Waals surface area (Å²) >= 11 is 0. The van der Waals surface area contributed by atoms with E-state index in [9.17, 15) is 14.4 Å². The summed E-state index contributed by atoms with van der Waals surface area (Å²) in [4.78, 5) is 38.0. The predicted octanol–water partition coefficient (Wildman–Crippen LogP) is 0.836. The number of esters is 1. The molecule has 0 saturated carbocycles. The Morgan fingerprint density at radius 1 is 1.28 bits per heavy atom. The van der Waals surface area contributed by atoms with Crippen LogP contribution in [0.3, 0.4) is 0 Å². The number of hydrogen-bond acceptors (Lipinski definition) is 6. The van der Waals surface area contributed by atoms with Gasteiger partial charge in [-0.1, -0.05) is 0 Å². The summed E-state index contributed by atoms with van der Waals surface area (Å²) in [7, 11) is 1.26. The fourth-order valence-electron chi connectivity index (χ4n) is 2.90. The van der Waals surface area contributed by atoms with Gasteiger partial charge in [0.25, 0.3) is 0 Å². The lowest BCUT2D eigenvalue weighted by Crippen LogP contribution is -2.52. The highest BCUT2D eigenvalue weighted by molar-refractivity contribution is 6.01. The molecule has 0 aliphatic carbocycles. The first kappa shape index (κ1) is 17.1. The monoisotopic (exact) mass is 348 g/mol. The van der Waals surface area contributed by atoms with Crippen molar-refractivity contribution in [1.82, 2.24) is 5.32 Å². The molecule has 1 atom stereocenters. The number of ether oxygens (including phenoxy) is 3. The fourth-order valence-corrected chi connectivity index (χ4v) is 2.90. The second kappa shape index (κ2) is 6.27. The topological polar surface area (TPSA) is 94.2 Å². The molecular weight excluding hydrogens is 328 g/mol. The highest BCUT2D eigenvalue weighted by Gasteiger charge is 2.39. The lowest BCUT2D eigenvalue weighted by Gasteiger charge is -2.25. The molecule has 134 valence electrons. The van der Waals surface area contributed by atoms with Gasteiger partial charge in [-0.05, 0) is 26.0 Å². The molecule has 1 N–H and O–H groups in total. The van der Waals surface area contributed by atoms with Crippen molar-refractivity contribution in [3.63, 3.8) is 0 Å². The zero-order valence-electron chi connectivity index (χ0n) is 14.3. The number of amides is 2. The van der Waals surface area contributed by atoms with Crippen LogP contribution in [0.1, 0.15) is 20.3 Å². The average molecular weight is 348 g/mol. The minimum atomic E-state index is -1.15. The smallest absolute Gasteiger partial charge is 0.330 e. The lowest BCUT2D eigenvalue weighted by molar-refractivity contribution is -0.149. The molecule has 0 spiro atoms. The van der Waals surface area contributed by atoms with Gasteiger partial charge in [0, 0.05) is 24.7 Å². The maximum atomic E-state index is 12.4. The Morgan fingerprint density at radius 3 is 2.72 bits per heavy atom. The zero-order chi connectivity index (χ0) is 18.2. The molecule has 8 heteroatoms. The van der Waals surface area contributed by atoms with E-state index in [1.165, 1.54) is 12.0 Å². The number of carbonyl (C=O) groups is 3. The van der Waals surface area contributed by atoms with Crippen LogP contribution in [0.25, 0.3) is 0 Å². The van der Waals surface area contributed by atoms with Crippen molar-refractivity contribution >= 4 is 23.5 Å². The van der Waals surface area contributed by atoms with Gasteiger partial charge in [-0.25, -0.2) is 4.79 Å². The van der Waals surface area contributed by atoms with Crippen molar-refractivity contribution in [1.29, 1.82) is 0 Å². The van der Waals surface area contributed by atoms with Crippen molar-refractivity contribution in [2.24, 2.45) is 5.92 Å². The van der Waals surface area contributed by atoms with E-state index < -0.39 is 17.4 Å². The molecule has 1 aromatic carbocycles. The third-order valence-corrected chi connectivity index (χ3v) is 4.30. The molecule has 1 aromatic rings. The van der Waals surface area contributed by atoms with E-state index in [-0.39, 0.29) is 31.6 Å². The first-order chi connectivity index (χ1) is 11.8. The molecule has 2 heterocycles. The number of carbonyl (C=O) groups excluding carboxylic acids is 3. The normalized spacial score (nSPS) is 19.1. The molecule has 25 heavy (non-hydrogen) atoms. The average Bonchev–Trinajstić information content (AvgIpc) is 3.19. The second-order valence-electron chi connectivity index (χ2n) is 6.55. The Balaban J connectivity index is 1.70. The van der Waals surface area contributed by atoms with Crippen LogP contribution in [0.2, 0.25) is 0 Å². The number of nitrogens with one attached hydrogen (secondary N) is 1. The molecule has 2 aliphatic heterocycles. The number of hydrogen-bond donors (Lipinski definition) is 1. The Kier molecular flexibility index (Phi) is 4.28. The number of benzene rings is 1. The summed E-state index contributed by atoms with van der Waals surface area (Å²) in [6.45, 7) is 3.51. The van der Waals surface area contributed by atoms with Gasteiger partial charge in [0.15, 0.2) is 11.5 Å². The third-order valence-electron chi connectivity index (χ3n) is 4.30. The number of fused-ring (bicyclic) bond motifs is 1. The van der Waals surface area contributed by atoms with Crippen LogP contribution in [-0.4, -0.2) is 43.8 Å². The predicted molar refractivity (Wildman–Crippen MR) is 87.3 cm³/mol. The molecule has 0 radical (unpaired) electrons. The maximum absolute atomic E-state index is 12.4. The van der Waals surface area contributed by atoms with Gasteiger partial charge in [0.1, 0.15) is 5.54 Å². The van der Waals surface area contributed by atoms with Gasteiger partial charge in [0.05, 0.1) is 13.0 Å². The summed E-state index contributed by atoms with van der Waals surface area (Å²) in [5.74, 6) is -0.393. The van der Waals surface area contributed by atoms with Crippen LogP contribution in [0.5, 0.6) is 11.5 Å². The molecule has 0 aromatic heterocycles. The van der Waals surface area contributed by atoms with Crippen LogP contribution >= 0.6 is 0 Å². The molecule has 1 saturated heterocycles. The minimum Gasteiger partial charge on any atom is -0.467 e. The first-order valence-corrected chi connectivity index (χ1v) is 7.92. The van der Waals surface area contributed by atoms with Crippen LogP contribution in [-0.2, 0) is 19.1 Å². The molecule has 0 unspecified atom stereocenters. The minimum absolute atomic E-state index is 0.0809. The number of methoxy groups -OCH3 is 1.